The molecule has 0 fully saturated rings. The largest absolute Gasteiger partial charge is 0.457 e. The van der Waals surface area contributed by atoms with E-state index < -0.39 is 12.1 Å². The first-order valence-corrected chi connectivity index (χ1v) is 13.4. The lowest BCUT2D eigenvalue weighted by atomic mass is 9.95. The Hall–Kier alpha value is -3.81. The van der Waals surface area contributed by atoms with E-state index in [-0.39, 0.29) is 30.3 Å². The molecule has 0 aliphatic carbocycles. The number of para-hydroxylation sites is 1. The molecule has 4 rings (SSSR count). The number of carbonyl (C=O) groups is 3. The fourth-order valence-electron chi connectivity index (χ4n) is 5.10. The summed E-state index contributed by atoms with van der Waals surface area (Å²) in [5.41, 5.74) is 1.90. The molecule has 2 aromatic carbocycles. The van der Waals surface area contributed by atoms with Crippen molar-refractivity contribution in [2.75, 3.05) is 19.6 Å². The lowest BCUT2D eigenvalue weighted by Crippen LogP contribution is -2.51. The summed E-state index contributed by atoms with van der Waals surface area (Å²) in [6.45, 7) is 11.2. The van der Waals surface area contributed by atoms with Gasteiger partial charge in [0.25, 0.3) is 5.91 Å². The minimum absolute atomic E-state index is 0.0980. The fourth-order valence-corrected chi connectivity index (χ4v) is 5.10. The van der Waals surface area contributed by atoms with Gasteiger partial charge in [-0.15, -0.1) is 0 Å². The van der Waals surface area contributed by atoms with Gasteiger partial charge in [-0.1, -0.05) is 58.0 Å². The average molecular weight is 519 g/mol. The first kappa shape index (κ1) is 27.2. The summed E-state index contributed by atoms with van der Waals surface area (Å²) in [4.78, 5) is 43.6. The number of hydrogen-bond donors (Lipinski definition) is 2. The van der Waals surface area contributed by atoms with Crippen molar-refractivity contribution in [2.45, 2.75) is 53.1 Å². The molecule has 2 aromatic rings. The Bertz CT molecular complexity index is 1210. The highest BCUT2D eigenvalue weighted by atomic mass is 16.5. The summed E-state index contributed by atoms with van der Waals surface area (Å²) in [6, 6.07) is 15.3. The van der Waals surface area contributed by atoms with Crippen molar-refractivity contribution in [3.8, 4) is 11.5 Å². The second kappa shape index (κ2) is 11.7. The van der Waals surface area contributed by atoms with Crippen LogP contribution in [0.5, 0.6) is 11.5 Å². The summed E-state index contributed by atoms with van der Waals surface area (Å²) in [7, 11) is 0. The monoisotopic (exact) mass is 518 g/mol. The highest BCUT2D eigenvalue weighted by Gasteiger charge is 2.47. The van der Waals surface area contributed by atoms with E-state index in [0.717, 1.165) is 12.0 Å². The minimum Gasteiger partial charge on any atom is -0.457 e. The third-order valence-corrected chi connectivity index (χ3v) is 6.99. The van der Waals surface area contributed by atoms with E-state index >= 15 is 0 Å². The summed E-state index contributed by atoms with van der Waals surface area (Å²) in [5.74, 6) is 1.28. The molecule has 2 aliphatic rings. The highest BCUT2D eigenvalue weighted by Crippen LogP contribution is 2.38. The molecule has 38 heavy (non-hydrogen) atoms. The molecular weight excluding hydrogens is 480 g/mol. The summed E-state index contributed by atoms with van der Waals surface area (Å²) < 4.78 is 6.01. The fraction of sp³-hybridized carbons (Fsp3) is 0.433. The normalized spacial score (nSPS) is 18.1. The summed E-state index contributed by atoms with van der Waals surface area (Å²) >= 11 is 0. The predicted octanol–water partition coefficient (Wildman–Crippen LogP) is 4.85. The van der Waals surface area contributed by atoms with Crippen LogP contribution in [0.4, 0.5) is 4.79 Å². The van der Waals surface area contributed by atoms with E-state index in [0.29, 0.717) is 41.8 Å². The Balaban J connectivity index is 1.64. The molecule has 8 heteroatoms. The molecule has 2 heterocycles. The molecular formula is C30H38N4O4. The van der Waals surface area contributed by atoms with Crippen LogP contribution >= 0.6 is 0 Å². The van der Waals surface area contributed by atoms with Crippen molar-refractivity contribution in [1.29, 1.82) is 0 Å². The van der Waals surface area contributed by atoms with Crippen LogP contribution in [0.25, 0.3) is 0 Å². The van der Waals surface area contributed by atoms with Gasteiger partial charge >= 0.3 is 6.03 Å². The predicted molar refractivity (Wildman–Crippen MR) is 146 cm³/mol. The molecule has 0 saturated heterocycles. The maximum absolute atomic E-state index is 14.0. The first-order chi connectivity index (χ1) is 18.2. The van der Waals surface area contributed by atoms with E-state index in [1.807, 2.05) is 75.4 Å². The van der Waals surface area contributed by atoms with Crippen molar-refractivity contribution in [1.82, 2.24) is 20.4 Å². The first-order valence-electron chi connectivity index (χ1n) is 13.4. The number of likely N-dealkylation sites (N-methyl/N-ethyl adjacent to an activating group) is 1. The highest BCUT2D eigenvalue weighted by molar-refractivity contribution is 6.03. The molecule has 2 N–H and O–H groups in total. The molecule has 0 spiro atoms. The van der Waals surface area contributed by atoms with Crippen LogP contribution < -0.4 is 15.4 Å². The molecule has 0 aromatic heterocycles. The molecule has 0 radical (unpaired) electrons. The molecule has 202 valence electrons. The number of nitrogens with zero attached hydrogens (tertiary/aromatic N) is 2. The van der Waals surface area contributed by atoms with Gasteiger partial charge in [-0.05, 0) is 55.0 Å². The van der Waals surface area contributed by atoms with Crippen LogP contribution in [0.3, 0.4) is 0 Å². The molecule has 2 atom stereocenters. The van der Waals surface area contributed by atoms with Crippen LogP contribution in [0.2, 0.25) is 0 Å². The van der Waals surface area contributed by atoms with E-state index in [2.05, 4.69) is 24.5 Å². The van der Waals surface area contributed by atoms with Crippen molar-refractivity contribution in [3.63, 3.8) is 0 Å². The Morgan fingerprint density at radius 2 is 1.76 bits per heavy atom. The third kappa shape index (κ3) is 5.69. The maximum atomic E-state index is 14.0. The van der Waals surface area contributed by atoms with Gasteiger partial charge < -0.3 is 20.3 Å². The molecule has 8 nitrogen and oxygen atoms in total. The lowest BCUT2D eigenvalue weighted by molar-refractivity contribution is -0.138. The molecule has 2 aliphatic heterocycles. The average Bonchev–Trinajstić information content (AvgIpc) is 3.20. The van der Waals surface area contributed by atoms with E-state index in [1.54, 1.807) is 9.80 Å². The number of rotatable bonds is 10. The second-order valence-electron chi connectivity index (χ2n) is 10.6. The smallest absolute Gasteiger partial charge is 0.322 e. The van der Waals surface area contributed by atoms with Crippen molar-refractivity contribution < 1.29 is 19.1 Å². The SMILES string of the molecule is CCN1C(=O)NC(c2cccc(Oc3ccccc3)c2)C2=C1CN(C(C(=O)NCCC(C)C)C(C)C)C2=O. The number of ether oxygens (including phenoxy) is 1. The van der Waals surface area contributed by atoms with Crippen LogP contribution in [0.1, 0.15) is 52.6 Å². The van der Waals surface area contributed by atoms with Crippen LogP contribution in [-0.2, 0) is 9.59 Å². The zero-order valence-electron chi connectivity index (χ0n) is 22.9. The van der Waals surface area contributed by atoms with Crippen molar-refractivity contribution in [2.24, 2.45) is 11.8 Å². The Morgan fingerprint density at radius 1 is 1.05 bits per heavy atom. The van der Waals surface area contributed by atoms with Gasteiger partial charge in [0.1, 0.15) is 17.5 Å². The number of amides is 4. The van der Waals surface area contributed by atoms with Gasteiger partial charge in [-0.2, -0.15) is 0 Å². The number of hydrogen-bond acceptors (Lipinski definition) is 4. The van der Waals surface area contributed by atoms with E-state index in [9.17, 15) is 14.4 Å². The molecule has 2 unspecified atom stereocenters. The lowest BCUT2D eigenvalue weighted by Gasteiger charge is -2.33. The van der Waals surface area contributed by atoms with Gasteiger partial charge in [-0.25, -0.2) is 4.79 Å². The van der Waals surface area contributed by atoms with Gasteiger partial charge in [-0.3, -0.25) is 14.5 Å². The Labute approximate surface area is 225 Å². The van der Waals surface area contributed by atoms with Gasteiger partial charge in [0, 0.05) is 13.1 Å². The van der Waals surface area contributed by atoms with E-state index in [4.69, 9.17) is 4.74 Å². The molecule has 4 amide bonds. The number of nitrogens with one attached hydrogen (secondary N) is 2. The summed E-state index contributed by atoms with van der Waals surface area (Å²) in [5, 5.41) is 6.03. The topological polar surface area (TPSA) is 91.0 Å². The Morgan fingerprint density at radius 3 is 2.42 bits per heavy atom. The quantitative estimate of drug-likeness (QED) is 0.471. The molecule has 0 saturated carbocycles. The van der Waals surface area contributed by atoms with Gasteiger partial charge in [0.2, 0.25) is 5.91 Å². The van der Waals surface area contributed by atoms with Crippen molar-refractivity contribution in [3.05, 3.63) is 71.4 Å². The van der Waals surface area contributed by atoms with Gasteiger partial charge in [0.15, 0.2) is 0 Å². The Kier molecular flexibility index (Phi) is 8.39. The second-order valence-corrected chi connectivity index (χ2v) is 10.6. The number of benzene rings is 2. The van der Waals surface area contributed by atoms with E-state index in [1.165, 1.54) is 0 Å². The zero-order chi connectivity index (χ0) is 27.4. The number of carbonyl (C=O) groups excluding carboxylic acids is 3. The summed E-state index contributed by atoms with van der Waals surface area (Å²) in [6.07, 6.45) is 0.866. The standard InChI is InChI=1S/C30H38N4O4/c1-6-33-24-18-34(27(20(4)5)28(35)31-16-15-19(2)3)29(36)25(24)26(32-30(33)37)21-11-10-14-23(17-21)38-22-12-8-7-9-13-22/h7-14,17,19-20,26-27H,6,15-16,18H2,1-5H3,(H,31,35)(H,32,37). The maximum Gasteiger partial charge on any atom is 0.322 e. The zero-order valence-corrected chi connectivity index (χ0v) is 22.9. The van der Waals surface area contributed by atoms with Crippen LogP contribution in [-0.4, -0.2) is 53.3 Å². The van der Waals surface area contributed by atoms with Crippen LogP contribution in [0.15, 0.2) is 65.9 Å². The third-order valence-electron chi connectivity index (χ3n) is 6.99. The minimum atomic E-state index is -0.645. The molecule has 0 bridgehead atoms. The van der Waals surface area contributed by atoms with Crippen molar-refractivity contribution >= 4 is 17.8 Å². The van der Waals surface area contributed by atoms with Crippen LogP contribution in [0, 0.1) is 11.8 Å². The van der Waals surface area contributed by atoms with Gasteiger partial charge in [0.05, 0.1) is 23.9 Å². The number of urea groups is 1.